The van der Waals surface area contributed by atoms with Gasteiger partial charge in [-0.25, -0.2) is 0 Å². The van der Waals surface area contributed by atoms with Crippen molar-refractivity contribution in [2.75, 3.05) is 46.0 Å². The number of hydrogen-bond donors (Lipinski definition) is 5. The van der Waals surface area contributed by atoms with Crippen LogP contribution in [0.5, 0.6) is 17.2 Å². The Balaban J connectivity index is 1.49. The Hall–Kier alpha value is -4.37. The number of thiophene rings is 1. The van der Waals surface area contributed by atoms with Crippen molar-refractivity contribution in [3.8, 4) is 17.2 Å². The van der Waals surface area contributed by atoms with E-state index in [1.165, 1.54) is 18.3 Å². The highest BCUT2D eigenvalue weighted by Crippen LogP contribution is 2.40. The minimum Gasteiger partial charge on any atom is -0.485 e. The molecule has 3 atom stereocenters. The highest BCUT2D eigenvalue weighted by Gasteiger charge is 2.31. The van der Waals surface area contributed by atoms with E-state index in [0.29, 0.717) is 86.2 Å². The average Bonchev–Trinajstić information content (AvgIpc) is 3.50. The normalized spacial score (nSPS) is 21.3. The molecule has 2 aliphatic rings. The number of hydrogen-bond acceptors (Lipinski definition) is 10. The number of nitrogens with zero attached hydrogens (tertiary/aromatic N) is 1. The number of fused-ring (bicyclic) bond motifs is 3. The number of carbonyl (C=O) groups is 5. The number of nitrogens with one attached hydrogen (secondary N) is 4. The fourth-order valence-electron chi connectivity index (χ4n) is 5.45. The Kier molecular flexibility index (Phi) is 14.1. The fraction of sp³-hybridized carbons (Fsp3) is 0.559. The lowest BCUT2D eigenvalue weighted by Crippen LogP contribution is -2.57. The third-order valence-electron chi connectivity index (χ3n) is 7.92. The number of aliphatic hydroxyl groups is 1. The maximum atomic E-state index is 13.6. The van der Waals surface area contributed by atoms with Gasteiger partial charge in [-0.1, -0.05) is 26.0 Å². The van der Waals surface area contributed by atoms with Gasteiger partial charge in [0.15, 0.2) is 18.1 Å². The quantitative estimate of drug-likeness (QED) is 0.315. The molecule has 0 radical (unpaired) electrons. The monoisotopic (exact) mass is 701 g/mol. The van der Waals surface area contributed by atoms with Gasteiger partial charge in [0, 0.05) is 31.6 Å². The Bertz CT molecular complexity index is 1460. The predicted octanol–water partition coefficient (Wildman–Crippen LogP) is 1.40. The topological polar surface area (TPSA) is 185 Å². The Morgan fingerprint density at radius 2 is 1.69 bits per heavy atom. The summed E-state index contributed by atoms with van der Waals surface area (Å²) in [7, 11) is 0. The lowest BCUT2D eigenvalue weighted by molar-refractivity contribution is -0.134. The third-order valence-corrected chi connectivity index (χ3v) is 8.85. The van der Waals surface area contributed by atoms with Crippen LogP contribution in [0.1, 0.15) is 61.7 Å². The van der Waals surface area contributed by atoms with Crippen LogP contribution in [0.3, 0.4) is 0 Å². The molecule has 3 heterocycles. The molecule has 0 unspecified atom stereocenters. The second-order valence-electron chi connectivity index (χ2n) is 12.5. The van der Waals surface area contributed by atoms with Crippen LogP contribution in [-0.2, 0) is 25.6 Å². The molecule has 5 N–H and O–H groups in total. The molecule has 2 aliphatic heterocycles. The van der Waals surface area contributed by atoms with Crippen LogP contribution in [-0.4, -0.2) is 104 Å². The first-order chi connectivity index (χ1) is 23.5. The zero-order valence-electron chi connectivity index (χ0n) is 28.3. The van der Waals surface area contributed by atoms with Gasteiger partial charge in [0.25, 0.3) is 11.8 Å². The summed E-state index contributed by atoms with van der Waals surface area (Å²) in [6.07, 6.45) is 0.609. The molecule has 4 rings (SSSR count). The van der Waals surface area contributed by atoms with E-state index in [-0.39, 0.29) is 37.3 Å². The van der Waals surface area contributed by atoms with Crippen LogP contribution in [0.2, 0.25) is 0 Å². The second-order valence-corrected chi connectivity index (χ2v) is 13.4. The molecule has 0 saturated carbocycles. The highest BCUT2D eigenvalue weighted by atomic mass is 32.1. The number of benzene rings is 1. The molecular formula is C34H47N5O9S. The summed E-state index contributed by atoms with van der Waals surface area (Å²) in [6.45, 7) is 7.05. The molecule has 0 spiro atoms. The maximum absolute atomic E-state index is 13.6. The third kappa shape index (κ3) is 11.3. The van der Waals surface area contributed by atoms with E-state index >= 15 is 0 Å². The molecule has 49 heavy (non-hydrogen) atoms. The van der Waals surface area contributed by atoms with Crippen molar-refractivity contribution < 1.29 is 43.3 Å². The van der Waals surface area contributed by atoms with E-state index in [9.17, 15) is 29.1 Å². The van der Waals surface area contributed by atoms with Crippen molar-refractivity contribution in [3.05, 3.63) is 40.1 Å². The fourth-order valence-corrected chi connectivity index (χ4v) is 6.35. The van der Waals surface area contributed by atoms with Crippen molar-refractivity contribution in [2.24, 2.45) is 5.92 Å². The summed E-state index contributed by atoms with van der Waals surface area (Å²) in [4.78, 5) is 67.7. The summed E-state index contributed by atoms with van der Waals surface area (Å²) >= 11 is 1.25. The number of aliphatic hydroxyl groups excluding tert-OH is 1. The minimum absolute atomic E-state index is 0.0436. The zero-order chi connectivity index (χ0) is 35.3. The lowest BCUT2D eigenvalue weighted by Gasteiger charge is -2.26. The first-order valence-electron chi connectivity index (χ1n) is 16.7. The zero-order valence-corrected chi connectivity index (χ0v) is 29.1. The summed E-state index contributed by atoms with van der Waals surface area (Å²) in [5.41, 5.74) is 0.614. The number of carbonyl (C=O) groups excluding carboxylic acids is 5. The first-order valence-corrected chi connectivity index (χ1v) is 17.6. The SMILES string of the molecule is CC(C)C[C@H]1NC(=O)Cc2cccc(c2)OCC(=O)NCCCN(C(=O)c2scc3c2OCCO3)CCCCNC(=O)[C@H]([C@@H](C)O)NC1=O. The average molecular weight is 702 g/mol. The molecule has 1 aromatic heterocycles. The molecular weight excluding hydrogens is 654 g/mol. The largest absolute Gasteiger partial charge is 0.485 e. The van der Waals surface area contributed by atoms with Crippen molar-refractivity contribution in [3.63, 3.8) is 0 Å². The van der Waals surface area contributed by atoms with Gasteiger partial charge >= 0.3 is 0 Å². The van der Waals surface area contributed by atoms with Crippen LogP contribution in [0.15, 0.2) is 29.6 Å². The van der Waals surface area contributed by atoms with Crippen molar-refractivity contribution in [2.45, 2.75) is 71.1 Å². The molecule has 15 heteroatoms. The van der Waals surface area contributed by atoms with Gasteiger partial charge in [-0.15, -0.1) is 11.3 Å². The Morgan fingerprint density at radius 1 is 0.939 bits per heavy atom. The first kappa shape index (κ1) is 37.4. The lowest BCUT2D eigenvalue weighted by atomic mass is 10.0. The highest BCUT2D eigenvalue weighted by molar-refractivity contribution is 7.12. The van der Waals surface area contributed by atoms with Gasteiger partial charge in [0.05, 0.1) is 12.5 Å². The van der Waals surface area contributed by atoms with E-state index in [1.54, 1.807) is 34.5 Å². The minimum atomic E-state index is -1.24. The Morgan fingerprint density at radius 3 is 2.47 bits per heavy atom. The predicted molar refractivity (Wildman–Crippen MR) is 182 cm³/mol. The molecule has 2 aromatic rings. The summed E-state index contributed by atoms with van der Waals surface area (Å²) in [5.74, 6) is -0.663. The van der Waals surface area contributed by atoms with E-state index < -0.39 is 35.9 Å². The molecule has 14 nitrogen and oxygen atoms in total. The van der Waals surface area contributed by atoms with Crippen molar-refractivity contribution in [1.82, 2.24) is 26.2 Å². The summed E-state index contributed by atoms with van der Waals surface area (Å²) in [6, 6.07) is 4.59. The van der Waals surface area contributed by atoms with Crippen molar-refractivity contribution >= 4 is 40.9 Å². The molecule has 5 amide bonds. The molecule has 0 aliphatic carbocycles. The number of amides is 5. The van der Waals surface area contributed by atoms with E-state index in [1.807, 2.05) is 13.8 Å². The van der Waals surface area contributed by atoms with Gasteiger partial charge in [0.1, 0.15) is 35.9 Å². The van der Waals surface area contributed by atoms with Crippen LogP contribution in [0.4, 0.5) is 0 Å². The number of ether oxygens (including phenoxy) is 3. The van der Waals surface area contributed by atoms with Gasteiger partial charge < -0.3 is 45.5 Å². The summed E-state index contributed by atoms with van der Waals surface area (Å²) in [5, 5.41) is 23.1. The van der Waals surface area contributed by atoms with Gasteiger partial charge in [-0.05, 0) is 56.2 Å². The van der Waals surface area contributed by atoms with Crippen molar-refractivity contribution in [1.29, 1.82) is 0 Å². The second kappa shape index (κ2) is 18.4. The van der Waals surface area contributed by atoms with Crippen LogP contribution < -0.4 is 35.5 Å². The van der Waals surface area contributed by atoms with E-state index in [2.05, 4.69) is 21.3 Å². The van der Waals surface area contributed by atoms with Crippen LogP contribution in [0, 0.1) is 5.92 Å². The molecule has 0 saturated heterocycles. The molecule has 1 aromatic carbocycles. The molecule has 2 bridgehead atoms. The van der Waals surface area contributed by atoms with Gasteiger partial charge in [-0.3, -0.25) is 24.0 Å². The van der Waals surface area contributed by atoms with Gasteiger partial charge in [0.2, 0.25) is 17.7 Å². The van der Waals surface area contributed by atoms with Crippen LogP contribution in [0.25, 0.3) is 0 Å². The Labute approximate surface area is 290 Å². The summed E-state index contributed by atoms with van der Waals surface area (Å²) < 4.78 is 17.0. The van der Waals surface area contributed by atoms with E-state index in [0.717, 1.165) is 0 Å². The van der Waals surface area contributed by atoms with Crippen LogP contribution >= 0.6 is 11.3 Å². The smallest absolute Gasteiger partial charge is 0.267 e. The van der Waals surface area contributed by atoms with Gasteiger partial charge in [-0.2, -0.15) is 0 Å². The molecule has 0 fully saturated rings. The number of rotatable bonds is 4. The maximum Gasteiger partial charge on any atom is 0.267 e. The standard InChI is InChI=1S/C34H47N5O9S/c1-21(2)16-25-32(43)38-29(22(3)40)33(44)36-10-4-5-12-39(34(45)31-30-26(20-49-31)46-14-15-47-30)13-7-11-35-28(42)19-48-24-9-6-8-23(17-24)18-27(41)37-25/h6,8-9,17,20-22,25,29,40H,4-5,7,10-16,18-19H2,1-3H3,(H,35,42)(H,36,44)(H,37,41)(H,38,43)/t22-,25-,29+/m1/s1. The molecule has 268 valence electrons. The van der Waals surface area contributed by atoms with E-state index in [4.69, 9.17) is 14.2 Å².